The zero-order chi connectivity index (χ0) is 9.76. The molecule has 0 unspecified atom stereocenters. The lowest BCUT2D eigenvalue weighted by Gasteiger charge is -2.10. The largest absolute Gasteiger partial charge is 0.303 e. The summed E-state index contributed by atoms with van der Waals surface area (Å²) in [5, 5.41) is 7.26. The molecule has 0 radical (unpaired) electrons. The zero-order valence-electron chi connectivity index (χ0n) is 8.42. The molecule has 1 N–H and O–H groups in total. The number of hydrogen-bond acceptors (Lipinski definition) is 2. The molecule has 2 aliphatic carbocycles. The maximum absolute atomic E-state index is 5.26. The van der Waals surface area contributed by atoms with E-state index in [0.717, 1.165) is 11.3 Å². The summed E-state index contributed by atoms with van der Waals surface area (Å²) in [6.07, 6.45) is 5.25. The molecule has 0 bridgehead atoms. The summed E-state index contributed by atoms with van der Waals surface area (Å²) in [6.45, 7) is 3.40. The lowest BCUT2D eigenvalue weighted by atomic mass is 10.1. The molecule has 0 aliphatic heterocycles. The molecule has 4 heteroatoms. The van der Waals surface area contributed by atoms with Crippen molar-refractivity contribution in [2.24, 2.45) is 5.41 Å². The van der Waals surface area contributed by atoms with E-state index in [1.807, 2.05) is 0 Å². The van der Waals surface area contributed by atoms with E-state index < -0.39 is 0 Å². The molecule has 0 amide bonds. The van der Waals surface area contributed by atoms with Gasteiger partial charge < -0.3 is 4.57 Å². The maximum atomic E-state index is 5.26. The molecule has 0 spiro atoms. The van der Waals surface area contributed by atoms with E-state index in [1.54, 1.807) is 0 Å². The summed E-state index contributed by atoms with van der Waals surface area (Å²) < 4.78 is 3.03. The number of hydrogen-bond donors (Lipinski definition) is 1. The van der Waals surface area contributed by atoms with Crippen LogP contribution < -0.4 is 0 Å². The molecule has 1 heterocycles. The van der Waals surface area contributed by atoms with Gasteiger partial charge in [-0.15, -0.1) is 0 Å². The second-order valence-corrected chi connectivity index (χ2v) is 5.44. The van der Waals surface area contributed by atoms with Gasteiger partial charge in [-0.3, -0.25) is 5.10 Å². The van der Waals surface area contributed by atoms with Gasteiger partial charge in [0, 0.05) is 12.5 Å². The highest BCUT2D eigenvalue weighted by atomic mass is 32.1. The lowest BCUT2D eigenvalue weighted by molar-refractivity contribution is 0.449. The van der Waals surface area contributed by atoms with Gasteiger partial charge in [0.05, 0.1) is 0 Å². The molecule has 0 aromatic carbocycles. The minimum atomic E-state index is 0.506. The highest BCUT2D eigenvalue weighted by Crippen LogP contribution is 2.47. The standard InChI is InChI=1S/C10H15N3S/c1-10(4-5-10)6-13-8(7-2-3-7)11-12-9(13)14/h7H,2-6H2,1H3,(H,12,14). The monoisotopic (exact) mass is 209 g/mol. The Morgan fingerprint density at radius 1 is 1.57 bits per heavy atom. The van der Waals surface area contributed by atoms with Gasteiger partial charge in [0.1, 0.15) is 5.82 Å². The number of H-pyrrole nitrogens is 1. The molecule has 2 saturated carbocycles. The quantitative estimate of drug-likeness (QED) is 0.776. The number of aromatic nitrogens is 3. The van der Waals surface area contributed by atoms with Crippen molar-refractivity contribution in [2.45, 2.75) is 45.1 Å². The number of aromatic amines is 1. The van der Waals surface area contributed by atoms with Crippen LogP contribution in [0, 0.1) is 10.2 Å². The van der Waals surface area contributed by atoms with Gasteiger partial charge in [0.2, 0.25) is 0 Å². The molecule has 2 aliphatic rings. The summed E-state index contributed by atoms with van der Waals surface area (Å²) in [6, 6.07) is 0. The van der Waals surface area contributed by atoms with Crippen molar-refractivity contribution in [3.05, 3.63) is 10.6 Å². The summed E-state index contributed by atoms with van der Waals surface area (Å²) in [5.41, 5.74) is 0.506. The molecule has 76 valence electrons. The van der Waals surface area contributed by atoms with Gasteiger partial charge in [-0.25, -0.2) is 0 Å². The van der Waals surface area contributed by atoms with E-state index in [1.165, 1.54) is 31.5 Å². The van der Waals surface area contributed by atoms with Gasteiger partial charge in [-0.2, -0.15) is 5.10 Å². The van der Waals surface area contributed by atoms with Crippen molar-refractivity contribution in [2.75, 3.05) is 0 Å². The third-order valence-electron chi connectivity index (χ3n) is 3.37. The molecule has 1 aromatic rings. The Morgan fingerprint density at radius 2 is 2.29 bits per heavy atom. The topological polar surface area (TPSA) is 33.6 Å². The Bertz CT molecular complexity index is 409. The van der Waals surface area contributed by atoms with Crippen molar-refractivity contribution < 1.29 is 0 Å². The molecular weight excluding hydrogens is 194 g/mol. The van der Waals surface area contributed by atoms with Crippen LogP contribution in [0.3, 0.4) is 0 Å². The van der Waals surface area contributed by atoms with E-state index in [4.69, 9.17) is 12.2 Å². The van der Waals surface area contributed by atoms with E-state index in [0.29, 0.717) is 11.3 Å². The molecule has 3 nitrogen and oxygen atoms in total. The highest BCUT2D eigenvalue weighted by Gasteiger charge is 2.39. The van der Waals surface area contributed by atoms with Crippen LogP contribution in [-0.2, 0) is 6.54 Å². The van der Waals surface area contributed by atoms with Crippen LogP contribution in [0.1, 0.15) is 44.3 Å². The molecule has 0 saturated heterocycles. The van der Waals surface area contributed by atoms with Crippen LogP contribution >= 0.6 is 12.2 Å². The summed E-state index contributed by atoms with van der Waals surface area (Å²) in [4.78, 5) is 0. The fourth-order valence-corrected chi connectivity index (χ4v) is 2.09. The van der Waals surface area contributed by atoms with Crippen LogP contribution in [0.15, 0.2) is 0 Å². The Hall–Kier alpha value is -0.640. The minimum Gasteiger partial charge on any atom is -0.303 e. The summed E-state index contributed by atoms with van der Waals surface area (Å²) >= 11 is 5.26. The van der Waals surface area contributed by atoms with Gasteiger partial charge >= 0.3 is 0 Å². The van der Waals surface area contributed by atoms with E-state index in [2.05, 4.69) is 21.7 Å². The average molecular weight is 209 g/mol. The van der Waals surface area contributed by atoms with Gasteiger partial charge in [0.15, 0.2) is 4.77 Å². The van der Waals surface area contributed by atoms with Crippen molar-refractivity contribution >= 4 is 12.2 Å². The highest BCUT2D eigenvalue weighted by molar-refractivity contribution is 7.71. The average Bonchev–Trinajstić information content (AvgIpc) is 3.03. The second-order valence-electron chi connectivity index (χ2n) is 5.06. The zero-order valence-corrected chi connectivity index (χ0v) is 9.23. The van der Waals surface area contributed by atoms with E-state index in [9.17, 15) is 0 Å². The summed E-state index contributed by atoms with van der Waals surface area (Å²) in [5.74, 6) is 1.88. The SMILES string of the molecule is CC1(Cn2c(C3CC3)n[nH]c2=S)CC1. The third kappa shape index (κ3) is 1.41. The van der Waals surface area contributed by atoms with Gasteiger partial charge in [-0.1, -0.05) is 6.92 Å². The number of nitrogens with zero attached hydrogens (tertiary/aromatic N) is 2. The molecule has 0 atom stereocenters. The third-order valence-corrected chi connectivity index (χ3v) is 3.69. The van der Waals surface area contributed by atoms with Crippen molar-refractivity contribution in [3.63, 3.8) is 0 Å². The number of rotatable bonds is 3. The fourth-order valence-electron chi connectivity index (χ4n) is 1.89. The van der Waals surface area contributed by atoms with Crippen LogP contribution in [0.25, 0.3) is 0 Å². The predicted molar refractivity (Wildman–Crippen MR) is 56.7 cm³/mol. The maximum Gasteiger partial charge on any atom is 0.195 e. The van der Waals surface area contributed by atoms with Gasteiger partial charge in [0.25, 0.3) is 0 Å². The molecule has 14 heavy (non-hydrogen) atoms. The van der Waals surface area contributed by atoms with E-state index in [-0.39, 0.29) is 0 Å². The van der Waals surface area contributed by atoms with Crippen molar-refractivity contribution in [3.8, 4) is 0 Å². The van der Waals surface area contributed by atoms with E-state index >= 15 is 0 Å². The van der Waals surface area contributed by atoms with Gasteiger partial charge in [-0.05, 0) is 43.3 Å². The van der Waals surface area contributed by atoms with Crippen molar-refractivity contribution in [1.29, 1.82) is 0 Å². The second kappa shape index (κ2) is 2.69. The fraction of sp³-hybridized carbons (Fsp3) is 0.800. The molecular formula is C10H15N3S. The summed E-state index contributed by atoms with van der Waals surface area (Å²) in [7, 11) is 0. The molecule has 2 fully saturated rings. The van der Waals surface area contributed by atoms with Crippen molar-refractivity contribution in [1.82, 2.24) is 14.8 Å². The normalized spacial score (nSPS) is 23.8. The first-order valence-corrected chi connectivity index (χ1v) is 5.74. The predicted octanol–water partition coefficient (Wildman–Crippen LogP) is 2.62. The molecule has 1 aromatic heterocycles. The van der Waals surface area contributed by atoms with Crippen LogP contribution in [0.4, 0.5) is 0 Å². The van der Waals surface area contributed by atoms with Crippen LogP contribution in [0.2, 0.25) is 0 Å². The lowest BCUT2D eigenvalue weighted by Crippen LogP contribution is -2.11. The Kier molecular flexibility index (Phi) is 1.66. The first-order chi connectivity index (χ1) is 6.68. The first-order valence-electron chi connectivity index (χ1n) is 5.33. The number of nitrogens with one attached hydrogen (secondary N) is 1. The van der Waals surface area contributed by atoms with Crippen LogP contribution in [-0.4, -0.2) is 14.8 Å². The minimum absolute atomic E-state index is 0.506. The Labute approximate surface area is 88.5 Å². The Balaban J connectivity index is 1.93. The smallest absolute Gasteiger partial charge is 0.195 e. The molecule has 3 rings (SSSR count). The first kappa shape index (κ1) is 8.65. The van der Waals surface area contributed by atoms with Crippen LogP contribution in [0.5, 0.6) is 0 Å². The Morgan fingerprint density at radius 3 is 2.86 bits per heavy atom.